The van der Waals surface area contributed by atoms with E-state index in [1.54, 1.807) is 18.3 Å². The van der Waals surface area contributed by atoms with Crippen LogP contribution in [0.2, 0.25) is 0 Å². The van der Waals surface area contributed by atoms with E-state index in [2.05, 4.69) is 20.0 Å². The number of primary amides is 1. The summed E-state index contributed by atoms with van der Waals surface area (Å²) in [6.07, 6.45) is 10.4. The van der Waals surface area contributed by atoms with Gasteiger partial charge < -0.3 is 21.1 Å². The summed E-state index contributed by atoms with van der Waals surface area (Å²) in [5.74, 6) is -0.155. The van der Waals surface area contributed by atoms with Gasteiger partial charge in [-0.05, 0) is 56.2 Å². The van der Waals surface area contributed by atoms with Crippen LogP contribution in [0.15, 0.2) is 64.9 Å². The molecule has 2 saturated carbocycles. The number of hydrogen-bond acceptors (Lipinski definition) is 7. The first kappa shape index (κ1) is 27.1. The molecule has 12 heteroatoms. The van der Waals surface area contributed by atoms with E-state index in [-0.39, 0.29) is 12.0 Å². The molecule has 206 valence electrons. The number of benzene rings is 1. The number of nitrogens with zero attached hydrogens (tertiary/aromatic N) is 2. The summed E-state index contributed by atoms with van der Waals surface area (Å²) < 4.78 is 34.9. The number of allylic oxidation sites excluding steroid dienone is 3. The summed E-state index contributed by atoms with van der Waals surface area (Å²) >= 11 is 1.54. The van der Waals surface area contributed by atoms with Crippen molar-refractivity contribution < 1.29 is 22.7 Å². The molecule has 0 radical (unpaired) electrons. The first-order chi connectivity index (χ1) is 18.8. The maximum Gasteiger partial charge on any atom is 0.404 e. The van der Waals surface area contributed by atoms with Crippen LogP contribution in [-0.4, -0.2) is 42.6 Å². The van der Waals surface area contributed by atoms with E-state index in [1.165, 1.54) is 11.3 Å². The van der Waals surface area contributed by atoms with Crippen molar-refractivity contribution in [3.63, 3.8) is 0 Å². The maximum absolute atomic E-state index is 12.8. The number of urea groups is 1. The Kier molecular flexibility index (Phi) is 8.12. The number of nitrogens with two attached hydrogens (primary N) is 1. The van der Waals surface area contributed by atoms with E-state index >= 15 is 0 Å². The van der Waals surface area contributed by atoms with Gasteiger partial charge in [0.15, 0.2) is 0 Å². The summed E-state index contributed by atoms with van der Waals surface area (Å²) in [7, 11) is -3.64. The Bertz CT molecular complexity index is 1400. The molecule has 10 nitrogen and oxygen atoms in total. The second kappa shape index (κ2) is 11.7. The molecule has 1 aromatic carbocycles. The van der Waals surface area contributed by atoms with Crippen LogP contribution in [0.5, 0.6) is 0 Å². The lowest BCUT2D eigenvalue weighted by molar-refractivity contribution is 0.0787. The van der Waals surface area contributed by atoms with Gasteiger partial charge in [0.2, 0.25) is 0 Å². The Morgan fingerprint density at radius 3 is 2.54 bits per heavy atom. The number of carbonyl (C=O) groups is 2. The molecule has 2 fully saturated rings. The van der Waals surface area contributed by atoms with Gasteiger partial charge in [-0.1, -0.05) is 36.4 Å². The van der Waals surface area contributed by atoms with Gasteiger partial charge in [-0.2, -0.15) is 4.40 Å². The van der Waals surface area contributed by atoms with Crippen LogP contribution in [-0.2, 0) is 21.3 Å². The minimum atomic E-state index is -3.64. The van der Waals surface area contributed by atoms with Crippen LogP contribution >= 0.6 is 11.3 Å². The minimum Gasteiger partial charge on any atom is -0.446 e. The number of rotatable bonds is 8. The van der Waals surface area contributed by atoms with Crippen molar-refractivity contribution in [1.82, 2.24) is 15.6 Å². The molecule has 0 aliphatic heterocycles. The van der Waals surface area contributed by atoms with Crippen LogP contribution < -0.4 is 16.4 Å². The topological polar surface area (TPSA) is 153 Å². The number of amides is 3. The zero-order valence-electron chi connectivity index (χ0n) is 21.3. The molecule has 3 aliphatic carbocycles. The standard InChI is InChI=1S/C27H31N5O5S2/c28-26(33)37-20-9-6-18(7-10-20)25-29-16-24(38-25)22-13-8-19(14-23(22)32-39(35,36)21-11-12-21)31-27(34)30-15-17-4-2-1-3-5-17/h1-5,8,13-14,16,18,20-22H,6-7,9-12,15H2,(H2,28,33)(H2,30,31,34). The summed E-state index contributed by atoms with van der Waals surface area (Å²) in [4.78, 5) is 29.1. The largest absolute Gasteiger partial charge is 0.446 e. The predicted molar refractivity (Wildman–Crippen MR) is 149 cm³/mol. The molecular weight excluding hydrogens is 538 g/mol. The third-order valence-corrected chi connectivity index (χ3v) is 10.00. The third kappa shape index (κ3) is 7.12. The molecule has 1 unspecified atom stereocenters. The second-order valence-corrected chi connectivity index (χ2v) is 12.9. The predicted octanol–water partition coefficient (Wildman–Crippen LogP) is 4.23. The summed E-state index contributed by atoms with van der Waals surface area (Å²) in [5.41, 5.74) is 6.93. The van der Waals surface area contributed by atoms with Crippen LogP contribution in [0, 0.1) is 0 Å². The van der Waals surface area contributed by atoms with Crippen LogP contribution in [0.1, 0.15) is 65.8 Å². The Morgan fingerprint density at radius 1 is 1.10 bits per heavy atom. The van der Waals surface area contributed by atoms with E-state index in [4.69, 9.17) is 10.5 Å². The molecule has 1 atom stereocenters. The second-order valence-electron chi connectivity index (χ2n) is 9.97. The molecule has 0 saturated heterocycles. The maximum atomic E-state index is 12.8. The van der Waals surface area contributed by atoms with E-state index in [9.17, 15) is 18.0 Å². The zero-order valence-corrected chi connectivity index (χ0v) is 22.9. The molecule has 0 bridgehead atoms. The zero-order chi connectivity index (χ0) is 27.4. The number of sulfonamides is 1. The van der Waals surface area contributed by atoms with Crippen molar-refractivity contribution in [3.05, 3.63) is 75.9 Å². The smallest absolute Gasteiger partial charge is 0.404 e. The highest BCUT2D eigenvalue weighted by Crippen LogP contribution is 2.39. The quantitative estimate of drug-likeness (QED) is 0.432. The van der Waals surface area contributed by atoms with Gasteiger partial charge in [-0.3, -0.25) is 0 Å². The van der Waals surface area contributed by atoms with Crippen LogP contribution in [0.3, 0.4) is 0 Å². The van der Waals surface area contributed by atoms with E-state index in [1.807, 2.05) is 36.4 Å². The Hall–Kier alpha value is -3.51. The van der Waals surface area contributed by atoms with Gasteiger partial charge in [-0.15, -0.1) is 11.3 Å². The van der Waals surface area contributed by atoms with Crippen LogP contribution in [0.25, 0.3) is 0 Å². The molecule has 5 rings (SSSR count). The monoisotopic (exact) mass is 569 g/mol. The molecule has 2 aromatic rings. The third-order valence-electron chi connectivity index (χ3n) is 6.98. The van der Waals surface area contributed by atoms with Gasteiger partial charge in [0.25, 0.3) is 10.0 Å². The van der Waals surface area contributed by atoms with Gasteiger partial charge in [-0.25, -0.2) is 23.0 Å². The normalized spacial score (nSPS) is 24.2. The van der Waals surface area contributed by atoms with Crippen molar-refractivity contribution >= 4 is 39.2 Å². The van der Waals surface area contributed by atoms with Crippen molar-refractivity contribution in [3.8, 4) is 0 Å². The minimum absolute atomic E-state index is 0.160. The molecule has 0 spiro atoms. The van der Waals surface area contributed by atoms with E-state index < -0.39 is 33.3 Å². The Balaban J connectivity index is 1.29. The highest BCUT2D eigenvalue weighted by atomic mass is 32.2. The van der Waals surface area contributed by atoms with Crippen molar-refractivity contribution in [1.29, 1.82) is 0 Å². The average Bonchev–Trinajstić information content (AvgIpc) is 3.67. The lowest BCUT2D eigenvalue weighted by Gasteiger charge is -2.26. The number of ether oxygens (including phenoxy) is 1. The number of thiazole rings is 1. The molecule has 3 aliphatic rings. The lowest BCUT2D eigenvalue weighted by Crippen LogP contribution is -2.35. The number of aromatic nitrogens is 1. The molecule has 1 heterocycles. The van der Waals surface area contributed by atoms with Crippen molar-refractivity contribution in [2.24, 2.45) is 10.1 Å². The SMILES string of the molecule is NC(=O)OC1CCC(c2ncc(C3C=CC(NC(=O)NCc4ccccc4)=CC3=NS(=O)(=O)C3CC3)s2)CC1. The number of nitrogens with one attached hydrogen (secondary N) is 2. The number of carbonyl (C=O) groups excluding carboxylic acids is 2. The average molecular weight is 570 g/mol. The Morgan fingerprint density at radius 2 is 1.85 bits per heavy atom. The van der Waals surface area contributed by atoms with Gasteiger partial charge in [0.1, 0.15) is 6.10 Å². The lowest BCUT2D eigenvalue weighted by atomic mass is 9.88. The fraction of sp³-hybridized carbons (Fsp3) is 0.407. The van der Waals surface area contributed by atoms with Crippen LogP contribution in [0.4, 0.5) is 9.59 Å². The first-order valence-electron chi connectivity index (χ1n) is 13.0. The van der Waals surface area contributed by atoms with Gasteiger partial charge in [0, 0.05) is 29.2 Å². The van der Waals surface area contributed by atoms with Gasteiger partial charge >= 0.3 is 12.1 Å². The molecule has 4 N–H and O–H groups in total. The fourth-order valence-corrected chi connectivity index (χ4v) is 7.29. The van der Waals surface area contributed by atoms with E-state index in [0.717, 1.165) is 41.1 Å². The molecular formula is C27H31N5O5S2. The fourth-order valence-electron chi connectivity index (χ4n) is 4.76. The number of hydrogen-bond donors (Lipinski definition) is 3. The van der Waals surface area contributed by atoms with Gasteiger partial charge in [0.05, 0.1) is 21.9 Å². The highest BCUT2D eigenvalue weighted by molar-refractivity contribution is 7.91. The Labute approximate surface area is 231 Å². The highest BCUT2D eigenvalue weighted by Gasteiger charge is 2.37. The summed E-state index contributed by atoms with van der Waals surface area (Å²) in [5, 5.41) is 6.12. The molecule has 39 heavy (non-hydrogen) atoms. The summed E-state index contributed by atoms with van der Waals surface area (Å²) in [6, 6.07) is 9.15. The molecule has 3 amide bonds. The van der Waals surface area contributed by atoms with E-state index in [0.29, 0.717) is 30.8 Å². The van der Waals surface area contributed by atoms with Crippen molar-refractivity contribution in [2.75, 3.05) is 0 Å². The summed E-state index contributed by atoms with van der Waals surface area (Å²) in [6.45, 7) is 0.365. The molecule has 1 aromatic heterocycles. The van der Waals surface area contributed by atoms with Crippen molar-refractivity contribution in [2.45, 2.75) is 68.3 Å². The first-order valence-corrected chi connectivity index (χ1v) is 15.3.